The number of phenolic OH excluding ortho intramolecular Hbond substituents is 1. The van der Waals surface area contributed by atoms with E-state index in [0.717, 1.165) is 17.5 Å². The summed E-state index contributed by atoms with van der Waals surface area (Å²) in [6, 6.07) is 3.32. The number of benzene rings is 1. The van der Waals surface area contributed by atoms with Crippen LogP contribution in [0.5, 0.6) is 11.5 Å². The molecule has 0 amide bonds. The summed E-state index contributed by atoms with van der Waals surface area (Å²) in [7, 11) is 0. The van der Waals surface area contributed by atoms with Crippen LogP contribution in [0.3, 0.4) is 0 Å². The average Bonchev–Trinajstić information content (AvgIpc) is 3.17. The zero-order valence-electron chi connectivity index (χ0n) is 20.1. The average molecular weight is 487 g/mol. The lowest BCUT2D eigenvalue weighted by Gasteiger charge is -2.57. The third-order valence-electron chi connectivity index (χ3n) is 7.93. The van der Waals surface area contributed by atoms with Crippen LogP contribution in [0.15, 0.2) is 36.1 Å². The van der Waals surface area contributed by atoms with Crippen LogP contribution in [0.4, 0.5) is 0 Å². The number of hydrogen-bond donors (Lipinski definition) is 3. The highest BCUT2D eigenvalue weighted by molar-refractivity contribution is 5.92. The van der Waals surface area contributed by atoms with E-state index in [0.29, 0.717) is 18.6 Å². The maximum atomic E-state index is 12.8. The summed E-state index contributed by atoms with van der Waals surface area (Å²) in [6.45, 7) is 7.33. The van der Waals surface area contributed by atoms with Gasteiger partial charge in [0.1, 0.15) is 5.76 Å². The number of ether oxygens (including phenoxy) is 3. The standard InChI is InChI=1S/C26H30O9/c1-13-9-11-25-21-14(2)5-6-17(27)22(21)35-23(25)18(10-12-26(25,32)15(13)3)34-24(31)16(4)33-20(30)8-7-19(28)29/h5-8,10,13,15-16,23,27,32H,9,11-12H2,1-4H3,(H,28,29)/b8-7+/t13?,15-,16-,23?,25?,26+/m0/s1. The first-order chi connectivity index (χ1) is 16.4. The van der Waals surface area contributed by atoms with Crippen molar-refractivity contribution in [2.24, 2.45) is 11.8 Å². The molecule has 3 N–H and O–H groups in total. The van der Waals surface area contributed by atoms with Gasteiger partial charge < -0.3 is 29.5 Å². The molecule has 1 aromatic rings. The summed E-state index contributed by atoms with van der Waals surface area (Å²) in [5, 5.41) is 31.4. The van der Waals surface area contributed by atoms with E-state index in [1.807, 2.05) is 13.8 Å². The number of hydrogen-bond acceptors (Lipinski definition) is 8. The Morgan fingerprint density at radius 1 is 1.23 bits per heavy atom. The molecule has 2 aliphatic carbocycles. The number of phenols is 1. The SMILES string of the molecule is Cc1ccc(O)c2c1C13CCC(C)[C@H](C)[C@]1(O)CC=C(OC(=O)[C@H](C)OC(=O)/C=C/C(=O)O)C3O2. The van der Waals surface area contributed by atoms with Gasteiger partial charge in [-0.2, -0.15) is 0 Å². The maximum Gasteiger partial charge on any atom is 0.352 e. The van der Waals surface area contributed by atoms with Crippen LogP contribution in [0, 0.1) is 18.8 Å². The van der Waals surface area contributed by atoms with Gasteiger partial charge in [0.2, 0.25) is 0 Å². The van der Waals surface area contributed by atoms with Crippen molar-refractivity contribution in [2.75, 3.05) is 0 Å². The highest BCUT2D eigenvalue weighted by Gasteiger charge is 2.69. The third-order valence-corrected chi connectivity index (χ3v) is 7.93. The van der Waals surface area contributed by atoms with E-state index >= 15 is 0 Å². The van der Waals surface area contributed by atoms with E-state index in [2.05, 4.69) is 6.92 Å². The molecule has 6 atom stereocenters. The fourth-order valence-electron chi connectivity index (χ4n) is 5.92. The largest absolute Gasteiger partial charge is 0.504 e. The van der Waals surface area contributed by atoms with Crippen LogP contribution in [-0.2, 0) is 29.3 Å². The number of rotatable bonds is 5. The van der Waals surface area contributed by atoms with Gasteiger partial charge in [0, 0.05) is 17.7 Å². The highest BCUT2D eigenvalue weighted by Crippen LogP contribution is 2.65. The Hall–Kier alpha value is -3.33. The predicted molar refractivity (Wildman–Crippen MR) is 123 cm³/mol. The van der Waals surface area contributed by atoms with Gasteiger partial charge in [0.05, 0.1) is 11.0 Å². The Labute approximate surface area is 203 Å². The first kappa shape index (κ1) is 24.8. The van der Waals surface area contributed by atoms with Gasteiger partial charge in [-0.3, -0.25) is 0 Å². The van der Waals surface area contributed by atoms with E-state index < -0.39 is 41.1 Å². The van der Waals surface area contributed by atoms with E-state index in [1.165, 1.54) is 13.0 Å². The van der Waals surface area contributed by atoms with Crippen LogP contribution in [0.1, 0.15) is 51.2 Å². The van der Waals surface area contributed by atoms with Gasteiger partial charge in [0.25, 0.3) is 0 Å². The van der Waals surface area contributed by atoms with Crippen LogP contribution < -0.4 is 4.74 Å². The molecular formula is C26H30O9. The van der Waals surface area contributed by atoms with Crippen molar-refractivity contribution < 1.29 is 43.9 Å². The minimum Gasteiger partial charge on any atom is -0.504 e. The number of aliphatic carboxylic acids is 1. The number of carbonyl (C=O) groups excluding carboxylic acids is 2. The molecule has 3 aliphatic rings. The molecule has 188 valence electrons. The third kappa shape index (κ3) is 3.78. The van der Waals surface area contributed by atoms with E-state index in [-0.39, 0.29) is 35.5 Å². The summed E-state index contributed by atoms with van der Waals surface area (Å²) in [5.41, 5.74) is -0.551. The van der Waals surface area contributed by atoms with Crippen LogP contribution in [0.2, 0.25) is 0 Å². The molecule has 0 saturated heterocycles. The fraction of sp³-hybridized carbons (Fsp3) is 0.500. The lowest BCUT2D eigenvalue weighted by atomic mass is 9.49. The number of carboxylic acid groups (broad SMARTS) is 1. The number of esters is 2. The molecule has 9 nitrogen and oxygen atoms in total. The number of aryl methyl sites for hydroxylation is 1. The molecule has 1 heterocycles. The Bertz CT molecular complexity index is 1140. The first-order valence-electron chi connectivity index (χ1n) is 11.7. The molecule has 0 radical (unpaired) electrons. The zero-order valence-corrected chi connectivity index (χ0v) is 20.1. The summed E-state index contributed by atoms with van der Waals surface area (Å²) >= 11 is 0. The Morgan fingerprint density at radius 2 is 1.94 bits per heavy atom. The first-order valence-corrected chi connectivity index (χ1v) is 11.7. The van der Waals surface area contributed by atoms with E-state index in [1.54, 1.807) is 12.1 Å². The quantitative estimate of drug-likeness (QED) is 0.423. The maximum absolute atomic E-state index is 12.8. The molecule has 35 heavy (non-hydrogen) atoms. The molecular weight excluding hydrogens is 456 g/mol. The van der Waals surface area contributed by atoms with Crippen LogP contribution in [-0.4, -0.2) is 51.0 Å². The van der Waals surface area contributed by atoms with Crippen molar-refractivity contribution in [1.82, 2.24) is 0 Å². The number of fused-ring (bicyclic) bond motifs is 1. The highest BCUT2D eigenvalue weighted by atomic mass is 16.6. The monoisotopic (exact) mass is 486 g/mol. The second kappa shape index (κ2) is 8.71. The van der Waals surface area contributed by atoms with Crippen molar-refractivity contribution >= 4 is 17.9 Å². The second-order valence-corrected chi connectivity index (χ2v) is 9.79. The van der Waals surface area contributed by atoms with Crippen molar-refractivity contribution in [3.05, 3.63) is 47.2 Å². The van der Waals surface area contributed by atoms with Gasteiger partial charge in [-0.05, 0) is 62.7 Å². The van der Waals surface area contributed by atoms with Crippen molar-refractivity contribution in [3.8, 4) is 11.5 Å². The minimum atomic E-state index is -1.32. The van der Waals surface area contributed by atoms with E-state index in [9.17, 15) is 24.6 Å². The number of carboxylic acids is 1. The lowest BCUT2D eigenvalue weighted by Crippen LogP contribution is -2.66. The molecule has 0 aromatic heterocycles. The molecule has 4 rings (SSSR count). The normalized spacial score (nSPS) is 31.9. The predicted octanol–water partition coefficient (Wildman–Crippen LogP) is 2.90. The second-order valence-electron chi connectivity index (χ2n) is 9.79. The summed E-state index contributed by atoms with van der Waals surface area (Å²) < 4.78 is 16.8. The van der Waals surface area contributed by atoms with Gasteiger partial charge in [-0.15, -0.1) is 0 Å². The summed E-state index contributed by atoms with van der Waals surface area (Å²) in [5.74, 6) is -2.63. The molecule has 1 fully saturated rings. The molecule has 1 saturated carbocycles. The summed E-state index contributed by atoms with van der Waals surface area (Å²) in [6.07, 6.45) is 2.35. The molecule has 0 bridgehead atoms. The minimum absolute atomic E-state index is 0.0545. The summed E-state index contributed by atoms with van der Waals surface area (Å²) in [4.78, 5) is 35.1. The Morgan fingerprint density at radius 3 is 2.63 bits per heavy atom. The van der Waals surface area contributed by atoms with Crippen molar-refractivity contribution in [3.63, 3.8) is 0 Å². The van der Waals surface area contributed by atoms with Crippen molar-refractivity contribution in [1.29, 1.82) is 0 Å². The fourth-order valence-corrected chi connectivity index (χ4v) is 5.92. The topological polar surface area (TPSA) is 140 Å². The smallest absolute Gasteiger partial charge is 0.352 e. The molecule has 1 aromatic carbocycles. The number of carbonyl (C=O) groups is 3. The molecule has 1 aliphatic heterocycles. The van der Waals surface area contributed by atoms with Crippen LogP contribution >= 0.6 is 0 Å². The van der Waals surface area contributed by atoms with E-state index in [4.69, 9.17) is 19.3 Å². The molecule has 3 unspecified atom stereocenters. The van der Waals surface area contributed by atoms with Crippen molar-refractivity contribution in [2.45, 2.75) is 70.2 Å². The number of aromatic hydroxyl groups is 1. The van der Waals surface area contributed by atoms with Gasteiger partial charge in [-0.1, -0.05) is 19.9 Å². The van der Waals surface area contributed by atoms with Gasteiger partial charge in [0.15, 0.2) is 23.7 Å². The zero-order chi connectivity index (χ0) is 25.7. The molecule has 1 spiro atoms. The number of aliphatic hydroxyl groups is 1. The molecule has 9 heteroatoms. The van der Waals surface area contributed by atoms with Gasteiger partial charge in [-0.25, -0.2) is 14.4 Å². The Balaban J connectivity index is 1.68. The lowest BCUT2D eigenvalue weighted by molar-refractivity contribution is -0.170. The van der Waals surface area contributed by atoms with Gasteiger partial charge >= 0.3 is 17.9 Å². The Kier molecular flexibility index (Phi) is 6.17. The van der Waals surface area contributed by atoms with Crippen LogP contribution in [0.25, 0.3) is 0 Å².